The molecule has 0 bridgehead atoms. The number of Topliss-reactive ketones (excluding diaryl/α,β-unsaturated/α-hetero) is 1. The Kier molecular flexibility index (Phi) is 3.17. The van der Waals surface area contributed by atoms with Crippen molar-refractivity contribution >= 4 is 5.78 Å². The molecule has 1 atom stereocenters. The zero-order valence-electron chi connectivity index (χ0n) is 9.12. The van der Waals surface area contributed by atoms with Gasteiger partial charge >= 0.3 is 0 Å². The van der Waals surface area contributed by atoms with E-state index in [0.29, 0.717) is 5.78 Å². The van der Waals surface area contributed by atoms with Gasteiger partial charge < -0.3 is 5.32 Å². The molecule has 1 fully saturated rings. The van der Waals surface area contributed by atoms with E-state index in [4.69, 9.17) is 0 Å². The number of rotatable bonds is 2. The maximum atomic E-state index is 12.1. The zero-order chi connectivity index (χ0) is 10.7. The summed E-state index contributed by atoms with van der Waals surface area (Å²) in [6.45, 7) is 3.93. The predicted octanol–water partition coefficient (Wildman–Crippen LogP) is 2.18. The molecule has 1 aliphatic heterocycles. The Labute approximate surface area is 90.7 Å². The molecule has 1 aliphatic rings. The van der Waals surface area contributed by atoms with Crippen LogP contribution < -0.4 is 5.32 Å². The van der Waals surface area contributed by atoms with Crippen LogP contribution in [0.4, 0.5) is 0 Å². The van der Waals surface area contributed by atoms with Crippen LogP contribution in [-0.4, -0.2) is 18.9 Å². The molecule has 2 heteroatoms. The van der Waals surface area contributed by atoms with Crippen molar-refractivity contribution in [1.82, 2.24) is 5.32 Å². The Morgan fingerprint density at radius 3 is 2.67 bits per heavy atom. The highest BCUT2D eigenvalue weighted by atomic mass is 16.1. The van der Waals surface area contributed by atoms with Gasteiger partial charge in [-0.05, 0) is 26.3 Å². The number of hydrogen-bond acceptors (Lipinski definition) is 2. The molecule has 0 aromatic heterocycles. The zero-order valence-corrected chi connectivity index (χ0v) is 9.12. The highest BCUT2D eigenvalue weighted by Gasteiger charge is 2.21. The Morgan fingerprint density at radius 1 is 1.33 bits per heavy atom. The molecule has 0 aliphatic carbocycles. The summed E-state index contributed by atoms with van der Waals surface area (Å²) in [5, 5.41) is 3.28. The van der Waals surface area contributed by atoms with Crippen LogP contribution in [0.5, 0.6) is 0 Å². The fraction of sp³-hybridized carbons (Fsp3) is 0.462. The van der Waals surface area contributed by atoms with Crippen molar-refractivity contribution in [2.45, 2.75) is 19.8 Å². The first-order valence-electron chi connectivity index (χ1n) is 5.59. The third-order valence-electron chi connectivity index (χ3n) is 3.00. The molecule has 2 nitrogen and oxygen atoms in total. The van der Waals surface area contributed by atoms with Gasteiger partial charge in [-0.3, -0.25) is 4.79 Å². The van der Waals surface area contributed by atoms with Crippen LogP contribution in [-0.2, 0) is 0 Å². The van der Waals surface area contributed by atoms with Gasteiger partial charge in [-0.15, -0.1) is 0 Å². The van der Waals surface area contributed by atoms with Crippen molar-refractivity contribution in [2.24, 2.45) is 5.92 Å². The molecule has 0 amide bonds. The lowest BCUT2D eigenvalue weighted by molar-refractivity contribution is 0.0899. The number of ketones is 1. The Morgan fingerprint density at radius 2 is 2.07 bits per heavy atom. The summed E-state index contributed by atoms with van der Waals surface area (Å²) < 4.78 is 0. The number of carbonyl (C=O) groups is 1. The largest absolute Gasteiger partial charge is 0.316 e. The Bertz CT molecular complexity index is 336. The number of carbonyl (C=O) groups excluding carboxylic acids is 1. The van der Waals surface area contributed by atoms with E-state index in [9.17, 15) is 4.79 Å². The molecule has 1 unspecified atom stereocenters. The quantitative estimate of drug-likeness (QED) is 0.746. The molecular formula is C13H17NO. The maximum absolute atomic E-state index is 12.1. The smallest absolute Gasteiger partial charge is 0.167 e. The first kappa shape index (κ1) is 10.4. The van der Waals surface area contributed by atoms with Crippen molar-refractivity contribution in [2.75, 3.05) is 13.1 Å². The van der Waals surface area contributed by atoms with Crippen molar-refractivity contribution in [3.8, 4) is 0 Å². The number of aryl methyl sites for hydroxylation is 1. The summed E-state index contributed by atoms with van der Waals surface area (Å²) in [5.41, 5.74) is 2.06. The minimum atomic E-state index is 0.182. The summed E-state index contributed by atoms with van der Waals surface area (Å²) in [5.74, 6) is 0.476. The lowest BCUT2D eigenvalue weighted by atomic mass is 9.91. The van der Waals surface area contributed by atoms with Crippen molar-refractivity contribution in [3.63, 3.8) is 0 Å². The first-order chi connectivity index (χ1) is 7.27. The van der Waals surface area contributed by atoms with E-state index in [1.165, 1.54) is 5.56 Å². The topological polar surface area (TPSA) is 29.1 Å². The van der Waals surface area contributed by atoms with Crippen molar-refractivity contribution in [3.05, 3.63) is 35.4 Å². The predicted molar refractivity (Wildman–Crippen MR) is 61.1 cm³/mol. The van der Waals surface area contributed by atoms with Gasteiger partial charge in [-0.25, -0.2) is 0 Å². The van der Waals surface area contributed by atoms with Gasteiger partial charge in [0.15, 0.2) is 5.78 Å². The molecular weight excluding hydrogens is 186 g/mol. The molecule has 2 rings (SSSR count). The molecule has 1 aromatic rings. The van der Waals surface area contributed by atoms with Crippen LogP contribution in [0, 0.1) is 12.8 Å². The second-order valence-electron chi connectivity index (χ2n) is 4.27. The molecule has 1 aromatic carbocycles. The molecule has 15 heavy (non-hydrogen) atoms. The van der Waals surface area contributed by atoms with E-state index in [-0.39, 0.29) is 5.92 Å². The maximum Gasteiger partial charge on any atom is 0.167 e. The van der Waals surface area contributed by atoms with Crippen LogP contribution >= 0.6 is 0 Å². The number of nitrogens with one attached hydrogen (secondary N) is 1. The average molecular weight is 203 g/mol. The number of piperidine rings is 1. The summed E-state index contributed by atoms with van der Waals surface area (Å²) >= 11 is 0. The molecule has 1 N–H and O–H groups in total. The Hall–Kier alpha value is -1.15. The minimum Gasteiger partial charge on any atom is -0.316 e. The van der Waals surface area contributed by atoms with Gasteiger partial charge in [-0.2, -0.15) is 0 Å². The molecule has 0 spiro atoms. The second-order valence-corrected chi connectivity index (χ2v) is 4.27. The van der Waals surface area contributed by atoms with E-state index in [1.807, 2.05) is 31.2 Å². The lowest BCUT2D eigenvalue weighted by Gasteiger charge is -2.21. The molecule has 0 saturated carbocycles. The van der Waals surface area contributed by atoms with Gasteiger partial charge in [0.1, 0.15) is 0 Å². The second kappa shape index (κ2) is 4.58. The third kappa shape index (κ3) is 2.45. The fourth-order valence-electron chi connectivity index (χ4n) is 2.03. The normalized spacial score (nSPS) is 21.3. The van der Waals surface area contributed by atoms with E-state index in [0.717, 1.165) is 31.5 Å². The summed E-state index contributed by atoms with van der Waals surface area (Å²) in [6.07, 6.45) is 2.14. The lowest BCUT2D eigenvalue weighted by Crippen LogP contribution is -2.34. The van der Waals surface area contributed by atoms with Gasteiger partial charge in [0, 0.05) is 18.0 Å². The monoisotopic (exact) mass is 203 g/mol. The number of benzene rings is 1. The van der Waals surface area contributed by atoms with Gasteiger partial charge in [-0.1, -0.05) is 29.8 Å². The fourth-order valence-corrected chi connectivity index (χ4v) is 2.03. The van der Waals surface area contributed by atoms with E-state index < -0.39 is 0 Å². The van der Waals surface area contributed by atoms with Crippen molar-refractivity contribution < 1.29 is 4.79 Å². The Balaban J connectivity index is 2.09. The highest BCUT2D eigenvalue weighted by molar-refractivity contribution is 5.98. The molecule has 0 radical (unpaired) electrons. The van der Waals surface area contributed by atoms with E-state index in [1.54, 1.807) is 0 Å². The summed E-state index contributed by atoms with van der Waals surface area (Å²) in [6, 6.07) is 7.88. The molecule has 1 heterocycles. The van der Waals surface area contributed by atoms with E-state index >= 15 is 0 Å². The van der Waals surface area contributed by atoms with Crippen LogP contribution in [0.15, 0.2) is 24.3 Å². The molecule has 80 valence electrons. The van der Waals surface area contributed by atoms with Crippen molar-refractivity contribution in [1.29, 1.82) is 0 Å². The van der Waals surface area contributed by atoms with Crippen LogP contribution in [0.25, 0.3) is 0 Å². The number of hydrogen-bond donors (Lipinski definition) is 1. The third-order valence-corrected chi connectivity index (χ3v) is 3.00. The van der Waals surface area contributed by atoms with Crippen LogP contribution in [0.1, 0.15) is 28.8 Å². The first-order valence-corrected chi connectivity index (χ1v) is 5.59. The van der Waals surface area contributed by atoms with Crippen LogP contribution in [0.3, 0.4) is 0 Å². The van der Waals surface area contributed by atoms with E-state index in [2.05, 4.69) is 5.32 Å². The van der Waals surface area contributed by atoms with Gasteiger partial charge in [0.25, 0.3) is 0 Å². The van der Waals surface area contributed by atoms with Gasteiger partial charge in [0.2, 0.25) is 0 Å². The van der Waals surface area contributed by atoms with Gasteiger partial charge in [0.05, 0.1) is 0 Å². The van der Waals surface area contributed by atoms with Crippen LogP contribution in [0.2, 0.25) is 0 Å². The average Bonchev–Trinajstić information content (AvgIpc) is 2.30. The standard InChI is InChI=1S/C13H17NO/c1-10-4-6-11(7-5-10)13(15)12-3-2-8-14-9-12/h4-7,12,14H,2-3,8-9H2,1H3. The summed E-state index contributed by atoms with van der Waals surface area (Å²) in [7, 11) is 0. The summed E-state index contributed by atoms with van der Waals surface area (Å²) in [4.78, 5) is 12.1. The molecule has 1 saturated heterocycles. The SMILES string of the molecule is Cc1ccc(C(=O)C2CCCNC2)cc1. The highest BCUT2D eigenvalue weighted by Crippen LogP contribution is 2.16. The minimum absolute atomic E-state index is 0.182.